The van der Waals surface area contributed by atoms with Crippen molar-refractivity contribution in [2.75, 3.05) is 28.0 Å². The molecule has 1 saturated heterocycles. The van der Waals surface area contributed by atoms with E-state index in [1.54, 1.807) is 18.2 Å². The lowest BCUT2D eigenvalue weighted by molar-refractivity contribution is 0.102. The topological polar surface area (TPSA) is 78.5 Å². The van der Waals surface area contributed by atoms with Crippen LogP contribution in [0, 0.1) is 0 Å². The molecule has 1 fully saturated rings. The van der Waals surface area contributed by atoms with Gasteiger partial charge in [-0.3, -0.25) is 9.52 Å². The standard InChI is InChI=1S/C23H21Cl2N3O3S/c24-17-10-11-19(25)22(15-17)32(30,31)27-18-7-5-6-16(14-18)23(29)26-20-8-1-2-9-21(20)28-12-3-4-13-28/h1-2,5-11,14-15,27H,3-4,12-13H2,(H,26,29). The lowest BCUT2D eigenvalue weighted by Crippen LogP contribution is -2.21. The molecule has 166 valence electrons. The van der Waals surface area contributed by atoms with Gasteiger partial charge in [0.15, 0.2) is 0 Å². The predicted molar refractivity (Wildman–Crippen MR) is 130 cm³/mol. The fraction of sp³-hybridized carbons (Fsp3) is 0.174. The molecule has 3 aromatic carbocycles. The lowest BCUT2D eigenvalue weighted by atomic mass is 10.1. The van der Waals surface area contributed by atoms with E-state index < -0.39 is 10.0 Å². The molecule has 1 aliphatic rings. The normalized spacial score (nSPS) is 13.8. The minimum atomic E-state index is -3.99. The summed E-state index contributed by atoms with van der Waals surface area (Å²) in [6, 6.07) is 18.1. The maximum absolute atomic E-state index is 12.9. The number of hydrogen-bond acceptors (Lipinski definition) is 4. The summed E-state index contributed by atoms with van der Waals surface area (Å²) in [4.78, 5) is 15.0. The van der Waals surface area contributed by atoms with Crippen molar-refractivity contribution in [1.82, 2.24) is 0 Å². The van der Waals surface area contributed by atoms with Gasteiger partial charge in [-0.25, -0.2) is 8.42 Å². The Balaban J connectivity index is 1.55. The Morgan fingerprint density at radius 2 is 1.66 bits per heavy atom. The van der Waals surface area contributed by atoms with Gasteiger partial charge in [0, 0.05) is 29.4 Å². The molecule has 0 aromatic heterocycles. The third-order valence-corrected chi connectivity index (χ3v) is 7.26. The highest BCUT2D eigenvalue weighted by atomic mass is 35.5. The van der Waals surface area contributed by atoms with Gasteiger partial charge in [0.25, 0.3) is 15.9 Å². The molecule has 1 heterocycles. The highest BCUT2D eigenvalue weighted by Gasteiger charge is 2.20. The Hall–Kier alpha value is -2.74. The zero-order valence-corrected chi connectivity index (χ0v) is 19.3. The zero-order valence-electron chi connectivity index (χ0n) is 17.0. The SMILES string of the molecule is O=C(Nc1ccccc1N1CCCC1)c1cccc(NS(=O)(=O)c2cc(Cl)ccc2Cl)c1. The maximum atomic E-state index is 12.9. The van der Waals surface area contributed by atoms with Crippen molar-refractivity contribution in [2.45, 2.75) is 17.7 Å². The van der Waals surface area contributed by atoms with Crippen molar-refractivity contribution in [3.63, 3.8) is 0 Å². The molecule has 1 amide bonds. The fourth-order valence-corrected chi connectivity index (χ4v) is 5.44. The van der Waals surface area contributed by atoms with Gasteiger partial charge < -0.3 is 10.2 Å². The molecule has 0 spiro atoms. The highest BCUT2D eigenvalue weighted by Crippen LogP contribution is 2.30. The average molecular weight is 490 g/mol. The van der Waals surface area contributed by atoms with E-state index in [1.807, 2.05) is 24.3 Å². The van der Waals surface area contributed by atoms with Crippen molar-refractivity contribution >= 4 is 56.2 Å². The molecule has 3 aromatic rings. The third kappa shape index (κ3) is 5.01. The third-order valence-electron chi connectivity index (χ3n) is 5.16. The summed E-state index contributed by atoms with van der Waals surface area (Å²) >= 11 is 12.0. The summed E-state index contributed by atoms with van der Waals surface area (Å²) in [7, 11) is -3.99. The van der Waals surface area contributed by atoms with Crippen molar-refractivity contribution < 1.29 is 13.2 Å². The molecule has 0 unspecified atom stereocenters. The highest BCUT2D eigenvalue weighted by molar-refractivity contribution is 7.92. The van der Waals surface area contributed by atoms with Crippen LogP contribution in [0.5, 0.6) is 0 Å². The first-order valence-corrected chi connectivity index (χ1v) is 12.3. The van der Waals surface area contributed by atoms with E-state index in [-0.39, 0.29) is 26.5 Å². The Labute approximate surface area is 197 Å². The van der Waals surface area contributed by atoms with Crippen LogP contribution < -0.4 is 14.9 Å². The average Bonchev–Trinajstić information content (AvgIpc) is 3.30. The van der Waals surface area contributed by atoms with E-state index in [9.17, 15) is 13.2 Å². The smallest absolute Gasteiger partial charge is 0.263 e. The van der Waals surface area contributed by atoms with Crippen molar-refractivity contribution in [3.8, 4) is 0 Å². The van der Waals surface area contributed by atoms with E-state index in [2.05, 4.69) is 14.9 Å². The van der Waals surface area contributed by atoms with Gasteiger partial charge >= 0.3 is 0 Å². The minimum Gasteiger partial charge on any atom is -0.370 e. The number of sulfonamides is 1. The summed E-state index contributed by atoms with van der Waals surface area (Å²) in [6.07, 6.45) is 2.25. The van der Waals surface area contributed by atoms with Crippen molar-refractivity contribution in [3.05, 3.63) is 82.3 Å². The number of anilines is 3. The maximum Gasteiger partial charge on any atom is 0.263 e. The number of rotatable bonds is 6. The summed E-state index contributed by atoms with van der Waals surface area (Å²) in [5.74, 6) is -0.335. The molecule has 9 heteroatoms. The number of carbonyl (C=O) groups excluding carboxylic acids is 1. The quantitative estimate of drug-likeness (QED) is 0.468. The van der Waals surface area contributed by atoms with Crippen molar-refractivity contribution in [1.29, 1.82) is 0 Å². The lowest BCUT2D eigenvalue weighted by Gasteiger charge is -2.21. The van der Waals surface area contributed by atoms with Crippen LogP contribution in [-0.4, -0.2) is 27.4 Å². The molecule has 4 rings (SSSR count). The number of amides is 1. The molecule has 6 nitrogen and oxygen atoms in total. The first kappa shape index (κ1) is 22.5. The van der Waals surface area contributed by atoms with Crippen LogP contribution in [-0.2, 0) is 10.0 Å². The second-order valence-electron chi connectivity index (χ2n) is 7.43. The number of para-hydroxylation sites is 2. The monoisotopic (exact) mass is 489 g/mol. The van der Waals surface area contributed by atoms with Gasteiger partial charge in [-0.15, -0.1) is 0 Å². The molecular formula is C23H21Cl2N3O3S. The van der Waals surface area contributed by atoms with E-state index in [0.29, 0.717) is 5.56 Å². The first-order chi connectivity index (χ1) is 15.3. The molecule has 0 radical (unpaired) electrons. The van der Waals surface area contributed by atoms with Crippen LogP contribution >= 0.6 is 23.2 Å². The number of carbonyl (C=O) groups is 1. The number of nitrogens with zero attached hydrogens (tertiary/aromatic N) is 1. The predicted octanol–water partition coefficient (Wildman–Crippen LogP) is 5.65. The molecule has 2 N–H and O–H groups in total. The largest absolute Gasteiger partial charge is 0.370 e. The van der Waals surface area contributed by atoms with E-state index in [1.165, 1.54) is 24.3 Å². The first-order valence-electron chi connectivity index (χ1n) is 10.1. The van der Waals surface area contributed by atoms with Gasteiger partial charge in [0.1, 0.15) is 4.90 Å². The van der Waals surface area contributed by atoms with Crippen molar-refractivity contribution in [2.24, 2.45) is 0 Å². The van der Waals surface area contributed by atoms with Gasteiger partial charge in [-0.2, -0.15) is 0 Å². The number of nitrogens with one attached hydrogen (secondary N) is 2. The van der Waals surface area contributed by atoms with Gasteiger partial charge in [0.2, 0.25) is 0 Å². The van der Waals surface area contributed by atoms with E-state index in [0.717, 1.165) is 37.3 Å². The molecule has 0 aliphatic carbocycles. The second-order valence-corrected chi connectivity index (χ2v) is 9.92. The van der Waals surface area contributed by atoms with Gasteiger partial charge in [-0.05, 0) is 61.4 Å². The van der Waals surface area contributed by atoms with Crippen LogP contribution in [0.4, 0.5) is 17.1 Å². The Bertz CT molecular complexity index is 1260. The summed E-state index contributed by atoms with van der Waals surface area (Å²) in [6.45, 7) is 1.91. The molecule has 1 aliphatic heterocycles. The van der Waals surface area contributed by atoms with Crippen LogP contribution in [0.3, 0.4) is 0 Å². The van der Waals surface area contributed by atoms with E-state index in [4.69, 9.17) is 23.2 Å². The molecule has 32 heavy (non-hydrogen) atoms. The molecular weight excluding hydrogens is 469 g/mol. The summed E-state index contributed by atoms with van der Waals surface area (Å²) in [5, 5.41) is 3.25. The summed E-state index contributed by atoms with van der Waals surface area (Å²) < 4.78 is 28.0. The van der Waals surface area contributed by atoms with Gasteiger partial charge in [-0.1, -0.05) is 41.4 Å². The van der Waals surface area contributed by atoms with Crippen LogP contribution in [0.1, 0.15) is 23.2 Å². The zero-order chi connectivity index (χ0) is 22.7. The number of hydrogen-bond donors (Lipinski definition) is 2. The second kappa shape index (κ2) is 9.40. The van der Waals surface area contributed by atoms with E-state index >= 15 is 0 Å². The fourth-order valence-electron chi connectivity index (χ4n) is 3.62. The number of halogens is 2. The van der Waals surface area contributed by atoms with Crippen LogP contribution in [0.15, 0.2) is 71.6 Å². The van der Waals surface area contributed by atoms with Gasteiger partial charge in [0.05, 0.1) is 16.4 Å². The minimum absolute atomic E-state index is 0.0503. The molecule has 0 saturated carbocycles. The summed E-state index contributed by atoms with van der Waals surface area (Å²) in [5.41, 5.74) is 2.25. The molecule has 0 bridgehead atoms. The molecule has 0 atom stereocenters. The Morgan fingerprint density at radius 1 is 0.906 bits per heavy atom. The number of benzene rings is 3. The van der Waals surface area contributed by atoms with Crippen LogP contribution in [0.2, 0.25) is 10.0 Å². The Kier molecular flexibility index (Phi) is 6.60. The van der Waals surface area contributed by atoms with Crippen LogP contribution in [0.25, 0.3) is 0 Å². The Morgan fingerprint density at radius 3 is 2.44 bits per heavy atom.